The van der Waals surface area contributed by atoms with Crippen LogP contribution in [0.3, 0.4) is 0 Å². The highest BCUT2D eigenvalue weighted by Crippen LogP contribution is 2.23. The monoisotopic (exact) mass is 298 g/mol. The number of anilines is 2. The van der Waals surface area contributed by atoms with Crippen LogP contribution in [-0.4, -0.2) is 30.1 Å². The number of benzene rings is 1. The van der Waals surface area contributed by atoms with Crippen LogP contribution >= 0.6 is 11.8 Å². The van der Waals surface area contributed by atoms with Crippen LogP contribution in [0.15, 0.2) is 18.2 Å². The third kappa shape index (κ3) is 4.68. The van der Waals surface area contributed by atoms with Crippen molar-refractivity contribution in [3.8, 4) is 0 Å². The quantitative estimate of drug-likeness (QED) is 0.820. The zero-order chi connectivity index (χ0) is 14.4. The summed E-state index contributed by atoms with van der Waals surface area (Å²) in [4.78, 5) is 11.8. The van der Waals surface area contributed by atoms with E-state index in [2.05, 4.69) is 5.32 Å². The molecule has 1 fully saturated rings. The van der Waals surface area contributed by atoms with E-state index in [0.717, 1.165) is 31.8 Å². The zero-order valence-corrected chi connectivity index (χ0v) is 12.0. The Kier molecular flexibility index (Phi) is 5.67. The molecule has 0 unspecified atom stereocenters. The largest absolute Gasteiger partial charge is 0.396 e. The highest BCUT2D eigenvalue weighted by Gasteiger charge is 2.14. The smallest absolute Gasteiger partial charge is 0.225 e. The molecule has 1 aliphatic heterocycles. The summed E-state index contributed by atoms with van der Waals surface area (Å²) in [5.74, 6) is 0.237. The molecule has 1 heterocycles. The number of carbonyl (C=O) groups is 1. The number of carbonyl (C=O) groups excluding carboxylic acids is 1. The van der Waals surface area contributed by atoms with E-state index in [9.17, 15) is 9.18 Å². The third-order valence-corrected chi connectivity index (χ3v) is 4.51. The van der Waals surface area contributed by atoms with Gasteiger partial charge in [0.1, 0.15) is 5.82 Å². The molecule has 0 bridgehead atoms. The van der Waals surface area contributed by atoms with Crippen LogP contribution in [0.2, 0.25) is 0 Å². The fraction of sp³-hybridized carbons (Fsp3) is 0.500. The van der Waals surface area contributed by atoms with E-state index in [0.29, 0.717) is 17.4 Å². The van der Waals surface area contributed by atoms with Crippen molar-refractivity contribution in [2.45, 2.75) is 24.5 Å². The first-order valence-corrected chi connectivity index (χ1v) is 7.74. The lowest BCUT2D eigenvalue weighted by molar-refractivity contribution is -0.115. The Hall–Kier alpha value is -1.27. The molecule has 20 heavy (non-hydrogen) atoms. The molecule has 0 atom stereocenters. The summed E-state index contributed by atoms with van der Waals surface area (Å²) in [7, 11) is 0. The Labute approximate surface area is 122 Å². The van der Waals surface area contributed by atoms with Crippen LogP contribution < -0.4 is 11.1 Å². The predicted molar refractivity (Wildman–Crippen MR) is 80.4 cm³/mol. The van der Waals surface area contributed by atoms with Crippen molar-refractivity contribution in [1.29, 1.82) is 0 Å². The lowest BCUT2D eigenvalue weighted by Crippen LogP contribution is -2.19. The number of amides is 1. The topological polar surface area (TPSA) is 64.3 Å². The van der Waals surface area contributed by atoms with Crippen molar-refractivity contribution in [2.24, 2.45) is 0 Å². The average Bonchev–Trinajstić information content (AvgIpc) is 2.44. The number of nitrogen functional groups attached to an aromatic ring is 1. The minimum absolute atomic E-state index is 0.0411. The van der Waals surface area contributed by atoms with Gasteiger partial charge < -0.3 is 15.8 Å². The molecule has 0 aliphatic carbocycles. The van der Waals surface area contributed by atoms with Crippen molar-refractivity contribution >= 4 is 29.0 Å². The van der Waals surface area contributed by atoms with Gasteiger partial charge >= 0.3 is 0 Å². The van der Waals surface area contributed by atoms with Gasteiger partial charge in [0.15, 0.2) is 0 Å². The fourth-order valence-corrected chi connectivity index (χ4v) is 3.17. The minimum Gasteiger partial charge on any atom is -0.396 e. The van der Waals surface area contributed by atoms with E-state index in [1.807, 2.05) is 11.8 Å². The molecule has 0 spiro atoms. The third-order valence-electron chi connectivity index (χ3n) is 3.13. The maximum absolute atomic E-state index is 13.0. The number of ether oxygens (including phenoxy) is 1. The summed E-state index contributed by atoms with van der Waals surface area (Å²) >= 11 is 1.82. The first-order valence-electron chi connectivity index (χ1n) is 6.69. The molecule has 3 N–H and O–H groups in total. The molecule has 0 saturated carbocycles. The number of rotatable bonds is 5. The van der Waals surface area contributed by atoms with Gasteiger partial charge in [0.05, 0.1) is 5.69 Å². The number of hydrogen-bond acceptors (Lipinski definition) is 4. The molecular weight excluding hydrogens is 279 g/mol. The summed E-state index contributed by atoms with van der Waals surface area (Å²) in [5, 5.41) is 3.32. The summed E-state index contributed by atoms with van der Waals surface area (Å²) in [6.07, 6.45) is 2.56. The van der Waals surface area contributed by atoms with E-state index in [4.69, 9.17) is 10.5 Å². The minimum atomic E-state index is -0.474. The number of halogens is 1. The van der Waals surface area contributed by atoms with Gasteiger partial charge in [-0.3, -0.25) is 4.79 Å². The maximum atomic E-state index is 13.0. The van der Waals surface area contributed by atoms with E-state index in [1.54, 1.807) is 0 Å². The highest BCUT2D eigenvalue weighted by atomic mass is 32.2. The molecule has 6 heteroatoms. The van der Waals surface area contributed by atoms with Gasteiger partial charge in [-0.1, -0.05) is 0 Å². The van der Waals surface area contributed by atoms with Crippen LogP contribution in [0.5, 0.6) is 0 Å². The van der Waals surface area contributed by atoms with Crippen molar-refractivity contribution < 1.29 is 13.9 Å². The zero-order valence-electron chi connectivity index (χ0n) is 11.2. The van der Waals surface area contributed by atoms with Crippen LogP contribution in [0.1, 0.15) is 19.3 Å². The second-order valence-corrected chi connectivity index (χ2v) is 6.13. The lowest BCUT2D eigenvalue weighted by Gasteiger charge is -2.21. The fourth-order valence-electron chi connectivity index (χ4n) is 2.01. The lowest BCUT2D eigenvalue weighted by atomic mass is 10.2. The predicted octanol–water partition coefficient (Wildman–Crippen LogP) is 2.65. The van der Waals surface area contributed by atoms with Gasteiger partial charge in [0.25, 0.3) is 0 Å². The Balaban J connectivity index is 1.70. The van der Waals surface area contributed by atoms with E-state index in [1.165, 1.54) is 18.2 Å². The van der Waals surface area contributed by atoms with E-state index >= 15 is 0 Å². The molecule has 0 radical (unpaired) electrons. The Morgan fingerprint density at radius 2 is 2.20 bits per heavy atom. The second kappa shape index (κ2) is 7.50. The summed E-state index contributed by atoms with van der Waals surface area (Å²) < 4.78 is 18.3. The summed E-state index contributed by atoms with van der Waals surface area (Å²) in [6.45, 7) is 1.64. The number of nitrogens with two attached hydrogens (primary N) is 1. The van der Waals surface area contributed by atoms with E-state index in [-0.39, 0.29) is 11.6 Å². The Morgan fingerprint density at radius 1 is 1.45 bits per heavy atom. The molecule has 2 rings (SSSR count). The number of thioether (sulfide) groups is 1. The molecule has 1 aromatic rings. The van der Waals surface area contributed by atoms with Gasteiger partial charge in [-0.15, -0.1) is 0 Å². The molecule has 110 valence electrons. The maximum Gasteiger partial charge on any atom is 0.225 e. The van der Waals surface area contributed by atoms with E-state index < -0.39 is 5.82 Å². The molecule has 1 aromatic carbocycles. The number of nitrogens with one attached hydrogen (secondary N) is 1. The second-order valence-electron chi connectivity index (χ2n) is 4.72. The molecule has 1 amide bonds. The molecule has 4 nitrogen and oxygen atoms in total. The van der Waals surface area contributed by atoms with Crippen LogP contribution in [0, 0.1) is 5.82 Å². The average molecular weight is 298 g/mol. The van der Waals surface area contributed by atoms with Gasteiger partial charge in [0.2, 0.25) is 5.91 Å². The van der Waals surface area contributed by atoms with Gasteiger partial charge in [-0.2, -0.15) is 11.8 Å². The van der Waals surface area contributed by atoms with Gasteiger partial charge in [0, 0.05) is 36.3 Å². The highest BCUT2D eigenvalue weighted by molar-refractivity contribution is 7.99. The first-order chi connectivity index (χ1) is 9.65. The van der Waals surface area contributed by atoms with Crippen molar-refractivity contribution in [3.05, 3.63) is 24.0 Å². The van der Waals surface area contributed by atoms with Gasteiger partial charge in [-0.05, 0) is 31.0 Å². The van der Waals surface area contributed by atoms with Crippen LogP contribution in [0.4, 0.5) is 15.8 Å². The van der Waals surface area contributed by atoms with Crippen molar-refractivity contribution in [1.82, 2.24) is 0 Å². The summed E-state index contributed by atoms with van der Waals surface area (Å²) in [5.41, 5.74) is 6.03. The molecular formula is C14H19FN2O2S. The standard InChI is InChI=1S/C14H19FN2O2S/c15-12-2-1-10(9-13(12)16)17-14(18)5-8-20-11-3-6-19-7-4-11/h1-2,9,11H,3-8,16H2,(H,17,18). The van der Waals surface area contributed by atoms with Crippen molar-refractivity contribution in [2.75, 3.05) is 30.0 Å². The molecule has 1 saturated heterocycles. The Bertz CT molecular complexity index is 464. The Morgan fingerprint density at radius 3 is 2.90 bits per heavy atom. The SMILES string of the molecule is Nc1cc(NC(=O)CCSC2CCOCC2)ccc1F. The molecule has 0 aromatic heterocycles. The van der Waals surface area contributed by atoms with Crippen LogP contribution in [-0.2, 0) is 9.53 Å². The number of hydrogen-bond donors (Lipinski definition) is 2. The van der Waals surface area contributed by atoms with Crippen LogP contribution in [0.25, 0.3) is 0 Å². The first kappa shape index (κ1) is 15.1. The van der Waals surface area contributed by atoms with Gasteiger partial charge in [-0.25, -0.2) is 4.39 Å². The van der Waals surface area contributed by atoms with Crippen molar-refractivity contribution in [3.63, 3.8) is 0 Å². The molecule has 1 aliphatic rings. The normalized spacial score (nSPS) is 16.1. The summed E-state index contributed by atoms with van der Waals surface area (Å²) in [6, 6.07) is 4.19.